The summed E-state index contributed by atoms with van der Waals surface area (Å²) in [5.41, 5.74) is 3.48. The van der Waals surface area contributed by atoms with Gasteiger partial charge in [-0.15, -0.1) is 0 Å². The summed E-state index contributed by atoms with van der Waals surface area (Å²) in [5.74, 6) is -1.25. The maximum atomic E-state index is 13.1. The van der Waals surface area contributed by atoms with Gasteiger partial charge in [0.1, 0.15) is 11.6 Å². The monoisotopic (exact) mass is 316 g/mol. The van der Waals surface area contributed by atoms with Crippen molar-refractivity contribution in [2.75, 3.05) is 6.54 Å². The number of hydrogen-bond donors (Lipinski definition) is 2. The van der Waals surface area contributed by atoms with Crippen molar-refractivity contribution in [1.82, 2.24) is 5.32 Å². The Morgan fingerprint density at radius 3 is 2.17 bits per heavy atom. The highest BCUT2D eigenvalue weighted by Crippen LogP contribution is 2.23. The molecule has 0 saturated heterocycles. The van der Waals surface area contributed by atoms with Gasteiger partial charge in [0.15, 0.2) is 0 Å². The number of aliphatic hydroxyl groups excluding tert-OH is 1. The third-order valence-electron chi connectivity index (χ3n) is 3.65. The van der Waals surface area contributed by atoms with E-state index in [-0.39, 0.29) is 13.1 Å². The van der Waals surface area contributed by atoms with Crippen LogP contribution in [0.25, 0.3) is 0 Å². The highest BCUT2D eigenvalue weighted by Gasteiger charge is 2.14. The smallest absolute Gasteiger partial charge is 0.126 e. The van der Waals surface area contributed by atoms with Gasteiger partial charge in [0.25, 0.3) is 0 Å². The van der Waals surface area contributed by atoms with E-state index in [1.807, 2.05) is 13.8 Å². The zero-order valence-corrected chi connectivity index (χ0v) is 13.0. The van der Waals surface area contributed by atoms with Gasteiger partial charge in [-0.3, -0.25) is 0 Å². The van der Waals surface area contributed by atoms with Gasteiger partial charge < -0.3 is 10.4 Å². The second-order valence-corrected chi connectivity index (χ2v) is 5.56. The molecule has 0 saturated carbocycles. The van der Waals surface area contributed by atoms with Gasteiger partial charge in [-0.2, -0.15) is 5.26 Å². The number of nitriles is 1. The highest BCUT2D eigenvalue weighted by molar-refractivity contribution is 5.44. The second kappa shape index (κ2) is 7.32. The molecule has 0 aliphatic heterocycles. The molecular formula is C18H18F2N2O. The quantitative estimate of drug-likeness (QED) is 0.890. The molecule has 0 radical (unpaired) electrons. The Balaban J connectivity index is 2.03. The number of nitrogens with one attached hydrogen (secondary N) is 1. The van der Waals surface area contributed by atoms with Gasteiger partial charge in [0, 0.05) is 19.2 Å². The van der Waals surface area contributed by atoms with E-state index in [0.717, 1.165) is 22.8 Å². The number of halogens is 2. The predicted molar refractivity (Wildman–Crippen MR) is 83.7 cm³/mol. The van der Waals surface area contributed by atoms with Crippen LogP contribution in [0.5, 0.6) is 0 Å². The van der Waals surface area contributed by atoms with Crippen molar-refractivity contribution in [3.05, 3.63) is 69.8 Å². The van der Waals surface area contributed by atoms with Crippen molar-refractivity contribution in [2.45, 2.75) is 26.5 Å². The van der Waals surface area contributed by atoms with Gasteiger partial charge in [-0.05, 0) is 60.4 Å². The van der Waals surface area contributed by atoms with E-state index in [0.29, 0.717) is 11.1 Å². The number of benzene rings is 2. The molecule has 0 aromatic heterocycles. The summed E-state index contributed by atoms with van der Waals surface area (Å²) in [6.07, 6.45) is -0.763. The largest absolute Gasteiger partial charge is 0.387 e. The molecule has 0 aliphatic carbocycles. The minimum absolute atomic E-state index is 0.242. The molecule has 120 valence electrons. The molecule has 0 spiro atoms. The molecule has 1 atom stereocenters. The number of rotatable bonds is 5. The fraction of sp³-hybridized carbons (Fsp3) is 0.278. The molecule has 23 heavy (non-hydrogen) atoms. The first-order valence-corrected chi connectivity index (χ1v) is 7.25. The Labute approximate surface area is 134 Å². The lowest BCUT2D eigenvalue weighted by molar-refractivity contribution is 0.173. The Kier molecular flexibility index (Phi) is 5.43. The average Bonchev–Trinajstić information content (AvgIpc) is 2.45. The van der Waals surface area contributed by atoms with E-state index in [9.17, 15) is 13.9 Å². The van der Waals surface area contributed by atoms with Crippen LogP contribution in [0.3, 0.4) is 0 Å². The lowest BCUT2D eigenvalue weighted by Crippen LogP contribution is -2.22. The summed E-state index contributed by atoms with van der Waals surface area (Å²) in [6.45, 7) is 4.18. The van der Waals surface area contributed by atoms with Crippen LogP contribution in [0.1, 0.15) is 33.9 Å². The van der Waals surface area contributed by atoms with E-state index >= 15 is 0 Å². The van der Waals surface area contributed by atoms with Gasteiger partial charge in [0.2, 0.25) is 0 Å². The van der Waals surface area contributed by atoms with Crippen molar-refractivity contribution in [1.29, 1.82) is 5.26 Å². The number of hydrogen-bond acceptors (Lipinski definition) is 3. The summed E-state index contributed by atoms with van der Waals surface area (Å²) in [4.78, 5) is 0. The molecule has 1 unspecified atom stereocenters. The molecule has 0 fully saturated rings. The highest BCUT2D eigenvalue weighted by atomic mass is 19.1. The van der Waals surface area contributed by atoms with Crippen molar-refractivity contribution in [3.63, 3.8) is 0 Å². The van der Waals surface area contributed by atoms with Crippen LogP contribution in [0.15, 0.2) is 30.3 Å². The van der Waals surface area contributed by atoms with E-state index in [1.54, 1.807) is 12.1 Å². The molecule has 2 aromatic carbocycles. The number of aryl methyl sites for hydroxylation is 2. The molecule has 2 N–H and O–H groups in total. The third kappa shape index (κ3) is 4.35. The molecule has 2 rings (SSSR count). The molecular weight excluding hydrogens is 298 g/mol. The van der Waals surface area contributed by atoms with E-state index < -0.39 is 17.7 Å². The first kappa shape index (κ1) is 17.1. The SMILES string of the molecule is Cc1cc(C#N)cc(C)c1C(O)CNCc1cc(F)cc(F)c1. The van der Waals surface area contributed by atoms with Crippen LogP contribution >= 0.6 is 0 Å². The van der Waals surface area contributed by atoms with E-state index in [1.165, 1.54) is 12.1 Å². The zero-order chi connectivity index (χ0) is 17.0. The van der Waals surface area contributed by atoms with Gasteiger partial charge >= 0.3 is 0 Å². The Bertz CT molecular complexity index is 710. The second-order valence-electron chi connectivity index (χ2n) is 5.56. The minimum atomic E-state index is -0.763. The van der Waals surface area contributed by atoms with Crippen molar-refractivity contribution >= 4 is 0 Å². The summed E-state index contributed by atoms with van der Waals surface area (Å²) < 4.78 is 26.2. The Morgan fingerprint density at radius 2 is 1.65 bits per heavy atom. The van der Waals surface area contributed by atoms with Crippen molar-refractivity contribution in [3.8, 4) is 6.07 Å². The van der Waals surface area contributed by atoms with Crippen LogP contribution in [0.2, 0.25) is 0 Å². The van der Waals surface area contributed by atoms with Crippen molar-refractivity contribution < 1.29 is 13.9 Å². The molecule has 0 amide bonds. The van der Waals surface area contributed by atoms with Gasteiger partial charge in [-0.1, -0.05) is 0 Å². The molecule has 0 aliphatic rings. The molecule has 3 nitrogen and oxygen atoms in total. The Morgan fingerprint density at radius 1 is 1.09 bits per heavy atom. The molecule has 0 heterocycles. The summed E-state index contributed by atoms with van der Waals surface area (Å²) in [7, 11) is 0. The maximum Gasteiger partial charge on any atom is 0.126 e. The molecule has 5 heteroatoms. The fourth-order valence-electron chi connectivity index (χ4n) is 2.73. The topological polar surface area (TPSA) is 56.0 Å². The van der Waals surface area contributed by atoms with E-state index in [4.69, 9.17) is 5.26 Å². The molecule has 2 aromatic rings. The minimum Gasteiger partial charge on any atom is -0.387 e. The maximum absolute atomic E-state index is 13.1. The normalized spacial score (nSPS) is 12.0. The average molecular weight is 316 g/mol. The number of aliphatic hydroxyl groups is 1. The fourth-order valence-corrected chi connectivity index (χ4v) is 2.73. The standard InChI is InChI=1S/C18H18F2N2O/c1-11-3-13(8-21)4-12(2)18(11)17(23)10-22-9-14-5-15(19)7-16(20)6-14/h3-7,17,22-23H,9-10H2,1-2H3. The summed E-state index contributed by atoms with van der Waals surface area (Å²) in [5, 5.41) is 22.3. The first-order chi connectivity index (χ1) is 10.9. The molecule has 0 bridgehead atoms. The van der Waals surface area contributed by atoms with Crippen LogP contribution < -0.4 is 5.32 Å². The van der Waals surface area contributed by atoms with Gasteiger partial charge in [-0.25, -0.2) is 8.78 Å². The van der Waals surface area contributed by atoms with Crippen LogP contribution in [-0.4, -0.2) is 11.7 Å². The third-order valence-corrected chi connectivity index (χ3v) is 3.65. The van der Waals surface area contributed by atoms with Crippen LogP contribution in [-0.2, 0) is 6.54 Å². The van der Waals surface area contributed by atoms with Crippen LogP contribution in [0, 0.1) is 36.8 Å². The Hall–Kier alpha value is -2.29. The summed E-state index contributed by atoms with van der Waals surface area (Å²) >= 11 is 0. The zero-order valence-electron chi connectivity index (χ0n) is 13.0. The van der Waals surface area contributed by atoms with E-state index in [2.05, 4.69) is 11.4 Å². The first-order valence-electron chi connectivity index (χ1n) is 7.25. The van der Waals surface area contributed by atoms with Gasteiger partial charge in [0.05, 0.1) is 17.7 Å². The van der Waals surface area contributed by atoms with Crippen LogP contribution in [0.4, 0.5) is 8.78 Å². The lowest BCUT2D eigenvalue weighted by Gasteiger charge is -2.17. The summed E-state index contributed by atoms with van der Waals surface area (Å²) in [6, 6.07) is 8.86. The number of nitrogens with zero attached hydrogens (tertiary/aromatic N) is 1. The predicted octanol–water partition coefficient (Wildman–Crippen LogP) is 3.28. The van der Waals surface area contributed by atoms with Crippen molar-refractivity contribution in [2.24, 2.45) is 0 Å². The lowest BCUT2D eigenvalue weighted by atomic mass is 9.95.